The Bertz CT molecular complexity index is 901. The van der Waals surface area contributed by atoms with Crippen molar-refractivity contribution >= 4 is 52.1 Å². The summed E-state index contributed by atoms with van der Waals surface area (Å²) in [5, 5.41) is 21.8. The molecule has 160 valence electrons. The largest absolute Gasteiger partial charge is 0.508 e. The number of halogens is 1. The molecule has 0 saturated heterocycles. The maximum Gasteiger partial charge on any atom is 0.412 e. The van der Waals surface area contributed by atoms with Gasteiger partial charge in [0.25, 0.3) is 0 Å². The minimum Gasteiger partial charge on any atom is -0.508 e. The molecule has 8 heteroatoms. The molecule has 0 bridgehead atoms. The van der Waals surface area contributed by atoms with Gasteiger partial charge in [0.05, 0.1) is 0 Å². The lowest BCUT2D eigenvalue weighted by Crippen LogP contribution is -2.22. The minimum atomic E-state index is -1.00. The van der Waals surface area contributed by atoms with Crippen LogP contribution in [0.3, 0.4) is 0 Å². The van der Waals surface area contributed by atoms with Gasteiger partial charge in [-0.3, -0.25) is 5.32 Å². The van der Waals surface area contributed by atoms with Crippen LogP contribution in [0.25, 0.3) is 0 Å². The molecule has 6 nitrogen and oxygen atoms in total. The van der Waals surface area contributed by atoms with Gasteiger partial charge in [-0.1, -0.05) is 13.0 Å². The van der Waals surface area contributed by atoms with Crippen molar-refractivity contribution in [1.82, 2.24) is 0 Å². The Hall–Kier alpha value is -2.20. The lowest BCUT2D eigenvalue weighted by molar-refractivity contribution is -0.131. The fourth-order valence-electron chi connectivity index (χ4n) is 2.87. The molecule has 2 rings (SSSR count). The molecule has 0 unspecified atom stereocenters. The second-order valence-corrected chi connectivity index (χ2v) is 8.80. The van der Waals surface area contributed by atoms with Gasteiger partial charge in [-0.15, -0.1) is 11.8 Å². The third-order valence-corrected chi connectivity index (χ3v) is 5.85. The Morgan fingerprint density at radius 2 is 1.93 bits per heavy atom. The second-order valence-electron chi connectivity index (χ2n) is 6.68. The molecule has 2 atom stereocenters. The van der Waals surface area contributed by atoms with Crippen LogP contribution in [0.2, 0.25) is 0 Å². The highest BCUT2D eigenvalue weighted by Crippen LogP contribution is 2.36. The lowest BCUT2D eigenvalue weighted by atomic mass is 9.92. The number of hydrogen-bond donors (Lipinski definition) is 3. The zero-order valence-electron chi connectivity index (χ0n) is 16.7. The van der Waals surface area contributed by atoms with Crippen molar-refractivity contribution < 1.29 is 24.5 Å². The van der Waals surface area contributed by atoms with Crippen LogP contribution in [0.15, 0.2) is 59.5 Å². The number of carbonyl (C=O) groups excluding carboxylic acids is 1. The standard InChI is InChI=1S/C22H24INO5S/c1-14(5-3-4-6-20(26)27)21(18-13-15(23)7-12-19(18)25)29-22(28)24-16-8-10-17(30-2)11-9-16/h4,6-14,21,25H,3,5H2,1-2H3,(H,24,28)(H,26,27)/b6-4+/t14-,21+/m1/s1. The highest BCUT2D eigenvalue weighted by Gasteiger charge is 2.26. The Balaban J connectivity index is 2.16. The Labute approximate surface area is 193 Å². The van der Waals surface area contributed by atoms with Gasteiger partial charge in [0, 0.05) is 25.8 Å². The van der Waals surface area contributed by atoms with E-state index in [2.05, 4.69) is 27.9 Å². The summed E-state index contributed by atoms with van der Waals surface area (Å²) in [6, 6.07) is 12.5. The molecule has 1 amide bonds. The highest BCUT2D eigenvalue weighted by atomic mass is 127. The molecule has 0 aromatic heterocycles. The number of carboxylic acids is 1. The molecule has 0 radical (unpaired) electrons. The van der Waals surface area contributed by atoms with Crippen LogP contribution >= 0.6 is 34.4 Å². The third kappa shape index (κ3) is 7.56. The molecule has 0 aliphatic rings. The molecule has 0 aliphatic carbocycles. The van der Waals surface area contributed by atoms with Crippen molar-refractivity contribution in [3.63, 3.8) is 0 Å². The molecule has 3 N–H and O–H groups in total. The number of benzene rings is 2. The minimum absolute atomic E-state index is 0.0467. The summed E-state index contributed by atoms with van der Waals surface area (Å²) in [7, 11) is 0. The Morgan fingerprint density at radius 3 is 2.57 bits per heavy atom. The monoisotopic (exact) mass is 541 g/mol. The Morgan fingerprint density at radius 1 is 1.23 bits per heavy atom. The van der Waals surface area contributed by atoms with Gasteiger partial charge in [-0.05, 0) is 90.1 Å². The van der Waals surface area contributed by atoms with Gasteiger partial charge >= 0.3 is 12.1 Å². The zero-order valence-corrected chi connectivity index (χ0v) is 19.6. The Kier molecular flexibility index (Phi) is 9.51. The number of anilines is 1. The summed E-state index contributed by atoms with van der Waals surface area (Å²) in [4.78, 5) is 24.3. The predicted octanol–water partition coefficient (Wildman–Crippen LogP) is 6.07. The summed E-state index contributed by atoms with van der Waals surface area (Å²) < 4.78 is 6.62. The van der Waals surface area contributed by atoms with Gasteiger partial charge in [0.1, 0.15) is 11.9 Å². The normalized spacial score (nSPS) is 13.0. The van der Waals surface area contributed by atoms with E-state index in [-0.39, 0.29) is 11.7 Å². The van der Waals surface area contributed by atoms with Crippen molar-refractivity contribution in [1.29, 1.82) is 0 Å². The van der Waals surface area contributed by atoms with E-state index in [1.807, 2.05) is 25.3 Å². The molecule has 30 heavy (non-hydrogen) atoms. The molecule has 2 aromatic carbocycles. The number of phenols is 1. The fourth-order valence-corrected chi connectivity index (χ4v) is 3.79. The number of carboxylic acid groups (broad SMARTS) is 1. The molecular weight excluding hydrogens is 517 g/mol. The maximum atomic E-state index is 12.6. The molecule has 0 heterocycles. The summed E-state index contributed by atoms with van der Waals surface area (Å²) in [5.74, 6) is -1.11. The number of allylic oxidation sites excluding steroid dienone is 1. The average Bonchev–Trinajstić information content (AvgIpc) is 2.71. The summed E-state index contributed by atoms with van der Waals surface area (Å²) in [5.41, 5.74) is 1.13. The van der Waals surface area contributed by atoms with E-state index >= 15 is 0 Å². The maximum absolute atomic E-state index is 12.6. The van der Waals surface area contributed by atoms with Gasteiger partial charge < -0.3 is 14.9 Å². The number of phenolic OH excluding ortho intramolecular Hbond substituents is 1. The molecule has 0 spiro atoms. The predicted molar refractivity (Wildman–Crippen MR) is 127 cm³/mol. The first-order valence-corrected chi connectivity index (χ1v) is 11.6. The van der Waals surface area contributed by atoms with E-state index in [4.69, 9.17) is 9.84 Å². The van der Waals surface area contributed by atoms with Crippen LogP contribution < -0.4 is 5.32 Å². The van der Waals surface area contributed by atoms with E-state index in [0.29, 0.717) is 24.1 Å². The average molecular weight is 541 g/mol. The molecular formula is C22H24INO5S. The molecule has 0 saturated carbocycles. The number of ether oxygens (including phenoxy) is 1. The summed E-state index contributed by atoms with van der Waals surface area (Å²) in [6.07, 6.45) is 4.41. The van der Waals surface area contributed by atoms with Crippen molar-refractivity contribution in [2.24, 2.45) is 5.92 Å². The number of thioether (sulfide) groups is 1. The summed E-state index contributed by atoms with van der Waals surface area (Å²) >= 11 is 3.74. The van der Waals surface area contributed by atoms with Crippen molar-refractivity contribution in [3.8, 4) is 5.75 Å². The smallest absolute Gasteiger partial charge is 0.412 e. The fraction of sp³-hybridized carbons (Fsp3) is 0.273. The molecule has 2 aromatic rings. The molecule has 0 fully saturated rings. The van der Waals surface area contributed by atoms with E-state index in [1.165, 1.54) is 0 Å². The first-order chi connectivity index (χ1) is 14.3. The number of carbonyl (C=O) groups is 2. The van der Waals surface area contributed by atoms with Crippen LogP contribution in [-0.4, -0.2) is 28.5 Å². The second kappa shape index (κ2) is 11.8. The quantitative estimate of drug-likeness (QED) is 0.203. The lowest BCUT2D eigenvalue weighted by Gasteiger charge is -2.25. The van der Waals surface area contributed by atoms with Crippen molar-refractivity contribution in [2.75, 3.05) is 11.6 Å². The van der Waals surface area contributed by atoms with E-state index in [1.54, 1.807) is 48.2 Å². The van der Waals surface area contributed by atoms with Crippen LogP contribution in [0, 0.1) is 9.49 Å². The number of aliphatic carboxylic acids is 1. The number of amides is 1. The van der Waals surface area contributed by atoms with Crippen molar-refractivity contribution in [3.05, 3.63) is 63.8 Å². The number of aromatic hydroxyl groups is 1. The highest BCUT2D eigenvalue weighted by molar-refractivity contribution is 14.1. The first kappa shape index (κ1) is 24.1. The van der Waals surface area contributed by atoms with Crippen molar-refractivity contribution in [2.45, 2.75) is 30.8 Å². The van der Waals surface area contributed by atoms with Crippen LogP contribution in [0.1, 0.15) is 31.4 Å². The molecule has 0 aliphatic heterocycles. The summed E-state index contributed by atoms with van der Waals surface area (Å²) in [6.45, 7) is 1.90. The SMILES string of the molecule is CSc1ccc(NC(=O)O[C@H](c2cc(I)ccc2O)[C@H](C)CC/C=C/C(=O)O)cc1. The van der Waals surface area contributed by atoms with E-state index in [9.17, 15) is 14.7 Å². The van der Waals surface area contributed by atoms with Gasteiger partial charge in [-0.2, -0.15) is 0 Å². The van der Waals surface area contributed by atoms with E-state index < -0.39 is 18.2 Å². The first-order valence-electron chi connectivity index (χ1n) is 9.29. The van der Waals surface area contributed by atoms with Gasteiger partial charge in [0.2, 0.25) is 0 Å². The van der Waals surface area contributed by atoms with Gasteiger partial charge in [-0.25, -0.2) is 9.59 Å². The third-order valence-electron chi connectivity index (χ3n) is 4.43. The van der Waals surface area contributed by atoms with Crippen LogP contribution in [-0.2, 0) is 9.53 Å². The van der Waals surface area contributed by atoms with Crippen LogP contribution in [0.5, 0.6) is 5.75 Å². The van der Waals surface area contributed by atoms with Gasteiger partial charge in [0.15, 0.2) is 0 Å². The van der Waals surface area contributed by atoms with Crippen LogP contribution in [0.4, 0.5) is 10.5 Å². The number of hydrogen-bond acceptors (Lipinski definition) is 5. The van der Waals surface area contributed by atoms with E-state index in [0.717, 1.165) is 14.5 Å². The number of rotatable bonds is 9. The zero-order chi connectivity index (χ0) is 22.1. The number of nitrogens with one attached hydrogen (secondary N) is 1. The topological polar surface area (TPSA) is 95.9 Å².